The molecule has 0 bridgehead atoms. The Kier molecular flexibility index (Phi) is 4.96. The second-order valence-electron chi connectivity index (χ2n) is 3.95. The highest BCUT2D eigenvalue weighted by atomic mass is 32.2. The van der Waals surface area contributed by atoms with Gasteiger partial charge in [-0.2, -0.15) is 0 Å². The minimum absolute atomic E-state index is 0.834. The number of benzene rings is 2. The molecular weight excluding hydrogens is 296 g/mol. The Balaban J connectivity index is 2.12. The predicted molar refractivity (Wildman–Crippen MR) is 81.7 cm³/mol. The highest BCUT2D eigenvalue weighted by Gasteiger charge is 2.01. The van der Waals surface area contributed by atoms with Crippen LogP contribution in [0.2, 0.25) is 0 Å². The van der Waals surface area contributed by atoms with E-state index < -0.39 is 21.6 Å². The summed E-state index contributed by atoms with van der Waals surface area (Å²) in [5.41, 5.74) is 0. The van der Waals surface area contributed by atoms with Gasteiger partial charge in [-0.15, -0.1) is 0 Å². The molecule has 0 N–H and O–H groups in total. The van der Waals surface area contributed by atoms with E-state index in [0.717, 1.165) is 19.6 Å². The van der Waals surface area contributed by atoms with Gasteiger partial charge in [0, 0.05) is 53.7 Å². The Hall–Kier alpha value is -0.910. The molecule has 19 heavy (non-hydrogen) atoms. The molecule has 2 aromatic carbocycles. The molecule has 0 radical (unpaired) electrons. The topological polar surface area (TPSA) is 34.1 Å². The molecule has 5 heteroatoms. The average molecular weight is 310 g/mol. The van der Waals surface area contributed by atoms with Crippen molar-refractivity contribution in [2.24, 2.45) is 0 Å². The molecule has 2 rings (SSSR count). The van der Waals surface area contributed by atoms with Crippen LogP contribution in [-0.4, -0.2) is 20.9 Å². The van der Waals surface area contributed by atoms with Gasteiger partial charge in [0.15, 0.2) is 0 Å². The first kappa shape index (κ1) is 14.5. The van der Waals surface area contributed by atoms with Crippen molar-refractivity contribution in [3.8, 4) is 0 Å². The third-order valence-corrected chi connectivity index (χ3v) is 5.43. The molecule has 2 aromatic rings. The molecule has 2 nitrogen and oxygen atoms in total. The highest BCUT2D eigenvalue weighted by Crippen LogP contribution is 2.28. The molecule has 100 valence electrons. The fourth-order valence-electron chi connectivity index (χ4n) is 1.53. The zero-order valence-electron chi connectivity index (χ0n) is 10.7. The molecule has 0 fully saturated rings. The maximum absolute atomic E-state index is 11.3. The maximum atomic E-state index is 11.3. The third-order valence-electron chi connectivity index (χ3n) is 2.55. The van der Waals surface area contributed by atoms with Gasteiger partial charge in [0.1, 0.15) is 0 Å². The van der Waals surface area contributed by atoms with E-state index in [1.807, 2.05) is 48.5 Å². The van der Waals surface area contributed by atoms with Crippen LogP contribution in [0.15, 0.2) is 68.1 Å². The normalized spacial score (nSPS) is 14.0. The van der Waals surface area contributed by atoms with Crippen LogP contribution >= 0.6 is 11.8 Å². The second-order valence-corrected chi connectivity index (χ2v) is 7.86. The van der Waals surface area contributed by atoms with Gasteiger partial charge in [0.2, 0.25) is 0 Å². The molecule has 2 unspecified atom stereocenters. The van der Waals surface area contributed by atoms with Crippen molar-refractivity contribution < 1.29 is 8.42 Å². The molecule has 0 aliphatic heterocycles. The first-order chi connectivity index (χ1) is 9.06. The smallest absolute Gasteiger partial charge is 0.0498 e. The predicted octanol–water partition coefficient (Wildman–Crippen LogP) is 3.31. The van der Waals surface area contributed by atoms with Gasteiger partial charge in [-0.25, -0.2) is 0 Å². The average Bonchev–Trinajstić information content (AvgIpc) is 2.40. The standard InChI is InChI=1S/C14H14O2S3/c1-18(15)13-7-3-11(4-8-13)17-12-5-9-14(10-6-12)19(2)16/h3-10H,1-2H3. The van der Waals surface area contributed by atoms with Gasteiger partial charge in [-0.1, -0.05) is 11.8 Å². The lowest BCUT2D eigenvalue weighted by Gasteiger charge is -2.03. The molecule has 2 atom stereocenters. The van der Waals surface area contributed by atoms with Gasteiger partial charge in [0.25, 0.3) is 0 Å². The van der Waals surface area contributed by atoms with Gasteiger partial charge < -0.3 is 0 Å². The van der Waals surface area contributed by atoms with Crippen molar-refractivity contribution in [3.05, 3.63) is 48.5 Å². The summed E-state index contributed by atoms with van der Waals surface area (Å²) in [4.78, 5) is 3.86. The summed E-state index contributed by atoms with van der Waals surface area (Å²) in [6.45, 7) is 0. The second kappa shape index (κ2) is 6.50. The van der Waals surface area contributed by atoms with Crippen LogP contribution in [0.1, 0.15) is 0 Å². The SMILES string of the molecule is CS(=O)c1ccc(Sc2ccc(S(C)=O)cc2)cc1. The number of hydrogen-bond acceptors (Lipinski definition) is 3. The summed E-state index contributed by atoms with van der Waals surface area (Å²) >= 11 is 1.63. The van der Waals surface area contributed by atoms with E-state index in [1.165, 1.54) is 0 Å². The van der Waals surface area contributed by atoms with Crippen molar-refractivity contribution in [3.63, 3.8) is 0 Å². The van der Waals surface area contributed by atoms with Gasteiger partial charge >= 0.3 is 0 Å². The number of rotatable bonds is 4. The summed E-state index contributed by atoms with van der Waals surface area (Å²) in [5, 5.41) is 0. The van der Waals surface area contributed by atoms with Crippen LogP contribution in [0.3, 0.4) is 0 Å². The minimum Gasteiger partial charge on any atom is -0.255 e. The largest absolute Gasteiger partial charge is 0.255 e. The molecule has 0 aliphatic rings. The number of hydrogen-bond donors (Lipinski definition) is 0. The van der Waals surface area contributed by atoms with E-state index in [4.69, 9.17) is 0 Å². The van der Waals surface area contributed by atoms with Crippen LogP contribution in [0, 0.1) is 0 Å². The lowest BCUT2D eigenvalue weighted by molar-refractivity contribution is 0.686. The van der Waals surface area contributed by atoms with Crippen LogP contribution < -0.4 is 0 Å². The molecule has 0 saturated heterocycles. The van der Waals surface area contributed by atoms with Gasteiger partial charge in [-0.05, 0) is 48.5 Å². The summed E-state index contributed by atoms with van der Waals surface area (Å²) < 4.78 is 22.6. The van der Waals surface area contributed by atoms with Crippen LogP contribution in [0.25, 0.3) is 0 Å². The van der Waals surface area contributed by atoms with Crippen LogP contribution in [0.5, 0.6) is 0 Å². The fraction of sp³-hybridized carbons (Fsp3) is 0.143. The van der Waals surface area contributed by atoms with Crippen molar-refractivity contribution in [1.29, 1.82) is 0 Å². The van der Waals surface area contributed by atoms with E-state index in [9.17, 15) is 8.42 Å². The Morgan fingerprint density at radius 1 is 0.684 bits per heavy atom. The minimum atomic E-state index is -0.935. The lowest BCUT2D eigenvalue weighted by atomic mass is 10.4. The van der Waals surface area contributed by atoms with Gasteiger partial charge in [0.05, 0.1) is 0 Å². The van der Waals surface area contributed by atoms with E-state index >= 15 is 0 Å². The molecule has 0 saturated carbocycles. The van der Waals surface area contributed by atoms with Crippen LogP contribution in [-0.2, 0) is 21.6 Å². The molecule has 0 spiro atoms. The van der Waals surface area contributed by atoms with E-state index in [-0.39, 0.29) is 0 Å². The molecule has 0 aromatic heterocycles. The van der Waals surface area contributed by atoms with Gasteiger partial charge in [-0.3, -0.25) is 8.42 Å². The van der Waals surface area contributed by atoms with E-state index in [0.29, 0.717) is 0 Å². The molecule has 0 heterocycles. The Morgan fingerprint density at radius 3 is 1.26 bits per heavy atom. The van der Waals surface area contributed by atoms with Crippen LogP contribution in [0.4, 0.5) is 0 Å². The van der Waals surface area contributed by atoms with Crippen molar-refractivity contribution in [2.45, 2.75) is 19.6 Å². The lowest BCUT2D eigenvalue weighted by Crippen LogP contribution is -1.87. The first-order valence-corrected chi connectivity index (χ1v) is 9.54. The fourth-order valence-corrected chi connectivity index (χ4v) is 3.39. The Bertz CT molecular complexity index is 548. The summed E-state index contributed by atoms with van der Waals surface area (Å²) in [7, 11) is -1.87. The Morgan fingerprint density at radius 2 is 1.00 bits per heavy atom. The monoisotopic (exact) mass is 310 g/mol. The summed E-state index contributed by atoms with van der Waals surface area (Å²) in [6.07, 6.45) is 3.34. The van der Waals surface area contributed by atoms with Crippen molar-refractivity contribution >= 4 is 33.4 Å². The zero-order valence-corrected chi connectivity index (χ0v) is 13.1. The third kappa shape index (κ3) is 4.03. The molecular formula is C14H14O2S3. The van der Waals surface area contributed by atoms with Crippen molar-refractivity contribution in [2.75, 3.05) is 12.5 Å². The summed E-state index contributed by atoms with van der Waals surface area (Å²) in [5.74, 6) is 0. The quantitative estimate of drug-likeness (QED) is 0.869. The highest BCUT2D eigenvalue weighted by molar-refractivity contribution is 7.99. The summed E-state index contributed by atoms with van der Waals surface area (Å²) in [6, 6.07) is 15.4. The molecule has 0 aliphatic carbocycles. The van der Waals surface area contributed by atoms with Crippen molar-refractivity contribution in [1.82, 2.24) is 0 Å². The molecule has 0 amide bonds. The first-order valence-electron chi connectivity index (χ1n) is 5.61. The van der Waals surface area contributed by atoms with E-state index in [2.05, 4.69) is 0 Å². The maximum Gasteiger partial charge on any atom is 0.0498 e. The van der Waals surface area contributed by atoms with E-state index in [1.54, 1.807) is 24.3 Å². The zero-order chi connectivity index (χ0) is 13.8. The Labute approximate surface area is 122 Å².